The molecule has 0 bridgehead atoms. The number of hydrogen-bond donors (Lipinski definition) is 0. The van der Waals surface area contributed by atoms with E-state index in [0.29, 0.717) is 43.3 Å². The molecular weight excluding hydrogens is 704 g/mol. The van der Waals surface area contributed by atoms with Crippen LogP contribution in [0.2, 0.25) is 0 Å². The van der Waals surface area contributed by atoms with Crippen molar-refractivity contribution >= 4 is 11.9 Å². The molecule has 1 saturated heterocycles. The number of methoxy groups -OCH3 is 5. The Hall–Kier alpha value is -4.78. The third-order valence-corrected chi connectivity index (χ3v) is 11.1. The molecular formula is C43H58N2O10+2. The molecule has 0 aromatic heterocycles. The van der Waals surface area contributed by atoms with Crippen LogP contribution in [0.3, 0.4) is 0 Å². The van der Waals surface area contributed by atoms with E-state index >= 15 is 0 Å². The highest BCUT2D eigenvalue weighted by Gasteiger charge is 2.40. The molecule has 1 fully saturated rings. The van der Waals surface area contributed by atoms with Gasteiger partial charge in [-0.3, -0.25) is 0 Å². The second kappa shape index (κ2) is 19.7. The summed E-state index contributed by atoms with van der Waals surface area (Å²) in [5.41, 5.74) is 4.84. The molecule has 2 aliphatic rings. The van der Waals surface area contributed by atoms with Gasteiger partial charge in [-0.05, 0) is 53.6 Å². The van der Waals surface area contributed by atoms with Crippen molar-refractivity contribution in [1.82, 2.24) is 0 Å². The molecule has 5 rings (SSSR count). The molecule has 0 aliphatic carbocycles. The average molecular weight is 763 g/mol. The van der Waals surface area contributed by atoms with E-state index in [-0.39, 0.29) is 19.3 Å². The monoisotopic (exact) mass is 762 g/mol. The van der Waals surface area contributed by atoms with Crippen LogP contribution in [-0.4, -0.2) is 123 Å². The lowest BCUT2D eigenvalue weighted by Gasteiger charge is -2.46. The number of benzene rings is 3. The number of likely N-dealkylation sites (N-methyl/N-ethyl adjacent to an activating group) is 1. The van der Waals surface area contributed by atoms with E-state index in [4.69, 9.17) is 37.9 Å². The Balaban J connectivity index is 1.10. The predicted octanol–water partition coefficient (Wildman–Crippen LogP) is 5.49. The molecule has 0 spiro atoms. The van der Waals surface area contributed by atoms with E-state index in [9.17, 15) is 9.59 Å². The summed E-state index contributed by atoms with van der Waals surface area (Å²) in [6, 6.07) is 18.6. The number of carbonyl (C=O) groups excluding carboxylic acids is 2. The molecule has 55 heavy (non-hydrogen) atoms. The first kappa shape index (κ1) is 41.4. The summed E-state index contributed by atoms with van der Waals surface area (Å²) in [6.07, 6.45) is 5.35. The van der Waals surface area contributed by atoms with Gasteiger partial charge in [0.05, 0.1) is 88.7 Å². The van der Waals surface area contributed by atoms with E-state index in [1.165, 1.54) is 16.7 Å². The number of quaternary nitrogens is 2. The molecule has 2 aliphatic heterocycles. The molecule has 3 aromatic rings. The maximum atomic E-state index is 12.6. The van der Waals surface area contributed by atoms with Gasteiger partial charge in [-0.25, -0.2) is 9.59 Å². The third-order valence-electron chi connectivity index (χ3n) is 11.1. The van der Waals surface area contributed by atoms with Crippen molar-refractivity contribution < 1.29 is 56.5 Å². The molecule has 1 unspecified atom stereocenters. The zero-order chi connectivity index (χ0) is 39.3. The van der Waals surface area contributed by atoms with Crippen LogP contribution in [0.4, 0.5) is 0 Å². The summed E-state index contributed by atoms with van der Waals surface area (Å²) in [4.78, 5) is 25.1. The molecule has 298 valence electrons. The Bertz CT molecular complexity index is 1750. The summed E-state index contributed by atoms with van der Waals surface area (Å²) < 4.78 is 45.8. The molecule has 0 N–H and O–H groups in total. The number of esters is 2. The van der Waals surface area contributed by atoms with Gasteiger partial charge >= 0.3 is 11.9 Å². The number of hydrogen-bond acceptors (Lipinski definition) is 10. The fraction of sp³-hybridized carbons (Fsp3) is 0.488. The molecule has 3 aromatic carbocycles. The highest BCUT2D eigenvalue weighted by molar-refractivity contribution is 5.91. The number of carbonyl (C=O) groups is 2. The molecule has 12 heteroatoms. The lowest BCUT2D eigenvalue weighted by molar-refractivity contribution is -0.947. The second-order valence-electron chi connectivity index (χ2n) is 14.5. The van der Waals surface area contributed by atoms with E-state index in [1.807, 2.05) is 24.3 Å². The third kappa shape index (κ3) is 10.9. The van der Waals surface area contributed by atoms with Crippen molar-refractivity contribution in [1.29, 1.82) is 0 Å². The SMILES string of the molecule is COc1ccc(C[C@@H]2c3cc(OC)c(OC)cc3CC[N+]2(C)CCCOC(=O)/C=C/C(=O)OCCC[N+]2(Cc3ccc(OC)c(OC)c3)CCOCC2)cc1. The summed E-state index contributed by atoms with van der Waals surface area (Å²) >= 11 is 0. The van der Waals surface area contributed by atoms with Gasteiger partial charge in [0.2, 0.25) is 0 Å². The quantitative estimate of drug-likeness (QED) is 0.0674. The highest BCUT2D eigenvalue weighted by atomic mass is 16.5. The van der Waals surface area contributed by atoms with Crippen molar-refractivity contribution in [3.8, 4) is 28.7 Å². The minimum atomic E-state index is -0.567. The van der Waals surface area contributed by atoms with Crippen LogP contribution in [0.25, 0.3) is 0 Å². The standard InChI is InChI=1S/C43H58N2O10/c1-44(20-17-34-29-40(51-5)41(52-6)30-36(34)37(44)27-32-9-12-35(48-2)13-10-32)18-7-23-54-42(46)15-16-43(47)55-24-8-19-45(21-25-53-26-22-45)31-33-11-14-38(49-3)39(28-33)50-4/h9-16,28-30,37H,7-8,17-27,31H2,1-6H3/q+2/b16-15+/t37-,44?/m1/s1. The smallest absolute Gasteiger partial charge is 0.331 e. The van der Waals surface area contributed by atoms with Gasteiger partial charge < -0.3 is 46.9 Å². The summed E-state index contributed by atoms with van der Waals surface area (Å²) in [5, 5.41) is 0. The van der Waals surface area contributed by atoms with Crippen molar-refractivity contribution in [3.63, 3.8) is 0 Å². The van der Waals surface area contributed by atoms with Gasteiger partial charge in [-0.1, -0.05) is 12.1 Å². The largest absolute Gasteiger partial charge is 0.497 e. The van der Waals surface area contributed by atoms with Crippen LogP contribution in [0.5, 0.6) is 28.7 Å². The Morgan fingerprint density at radius 3 is 1.89 bits per heavy atom. The second-order valence-corrected chi connectivity index (χ2v) is 14.5. The first-order chi connectivity index (χ1) is 26.6. The lowest BCUT2D eigenvalue weighted by Crippen LogP contribution is -2.55. The average Bonchev–Trinajstić information content (AvgIpc) is 3.21. The van der Waals surface area contributed by atoms with Crippen LogP contribution in [0, 0.1) is 0 Å². The van der Waals surface area contributed by atoms with E-state index in [0.717, 1.165) is 90.3 Å². The lowest BCUT2D eigenvalue weighted by atomic mass is 9.86. The maximum Gasteiger partial charge on any atom is 0.331 e. The molecule has 0 amide bonds. The Labute approximate surface area is 325 Å². The summed E-state index contributed by atoms with van der Waals surface area (Å²) in [5.74, 6) is 2.53. The van der Waals surface area contributed by atoms with Gasteiger partial charge in [0.25, 0.3) is 0 Å². The number of morpholine rings is 1. The van der Waals surface area contributed by atoms with Crippen molar-refractivity contribution in [3.05, 3.63) is 89.0 Å². The van der Waals surface area contributed by atoms with E-state index < -0.39 is 11.9 Å². The van der Waals surface area contributed by atoms with Gasteiger partial charge in [0, 0.05) is 49.0 Å². The van der Waals surface area contributed by atoms with E-state index in [1.54, 1.807) is 35.5 Å². The molecule has 0 radical (unpaired) electrons. The van der Waals surface area contributed by atoms with E-state index in [2.05, 4.69) is 37.4 Å². The number of fused-ring (bicyclic) bond motifs is 1. The van der Waals surface area contributed by atoms with Gasteiger partial charge in [-0.15, -0.1) is 0 Å². The van der Waals surface area contributed by atoms with Crippen LogP contribution in [0.1, 0.15) is 41.1 Å². The normalized spacial score (nSPS) is 18.9. The molecule has 0 saturated carbocycles. The van der Waals surface area contributed by atoms with Crippen LogP contribution >= 0.6 is 0 Å². The minimum absolute atomic E-state index is 0.147. The number of nitrogens with zero attached hydrogens (tertiary/aromatic N) is 2. The maximum absolute atomic E-state index is 12.6. The fourth-order valence-corrected chi connectivity index (χ4v) is 7.87. The predicted molar refractivity (Wildman–Crippen MR) is 208 cm³/mol. The van der Waals surface area contributed by atoms with Gasteiger partial charge in [0.15, 0.2) is 23.0 Å². The molecule has 12 nitrogen and oxygen atoms in total. The molecule has 2 heterocycles. The first-order valence-corrected chi connectivity index (χ1v) is 19.0. The van der Waals surface area contributed by atoms with Crippen LogP contribution < -0.4 is 23.7 Å². The van der Waals surface area contributed by atoms with Gasteiger partial charge in [-0.2, -0.15) is 0 Å². The Morgan fingerprint density at radius 1 is 0.691 bits per heavy atom. The van der Waals surface area contributed by atoms with Gasteiger partial charge in [0.1, 0.15) is 31.4 Å². The fourth-order valence-electron chi connectivity index (χ4n) is 7.87. The number of rotatable bonds is 19. The van der Waals surface area contributed by atoms with Crippen molar-refractivity contribution in [2.75, 3.05) is 102 Å². The van der Waals surface area contributed by atoms with Crippen molar-refractivity contribution in [2.45, 2.75) is 38.3 Å². The Morgan fingerprint density at radius 2 is 1.27 bits per heavy atom. The first-order valence-electron chi connectivity index (χ1n) is 19.0. The summed E-state index contributed by atoms with van der Waals surface area (Å²) in [6.45, 7) is 6.94. The zero-order valence-corrected chi connectivity index (χ0v) is 33.3. The van der Waals surface area contributed by atoms with Crippen LogP contribution in [-0.2, 0) is 43.2 Å². The zero-order valence-electron chi connectivity index (χ0n) is 33.3. The van der Waals surface area contributed by atoms with Crippen LogP contribution in [0.15, 0.2) is 66.7 Å². The molecule has 2 atom stereocenters. The minimum Gasteiger partial charge on any atom is -0.497 e. The number of ether oxygens (including phenoxy) is 8. The highest BCUT2D eigenvalue weighted by Crippen LogP contribution is 2.42. The topological polar surface area (TPSA) is 108 Å². The Kier molecular flexibility index (Phi) is 14.8. The van der Waals surface area contributed by atoms with Crippen molar-refractivity contribution in [2.24, 2.45) is 0 Å². The summed E-state index contributed by atoms with van der Waals surface area (Å²) in [7, 11) is 10.5.